The summed E-state index contributed by atoms with van der Waals surface area (Å²) in [6.45, 7) is 1.96. The van der Waals surface area contributed by atoms with Gasteiger partial charge in [0.25, 0.3) is 5.91 Å². The lowest BCUT2D eigenvalue weighted by Crippen LogP contribution is -2.45. The normalized spacial score (nSPS) is 18.6. The largest absolute Gasteiger partial charge is 0.479 e. The van der Waals surface area contributed by atoms with Crippen molar-refractivity contribution in [3.63, 3.8) is 0 Å². The van der Waals surface area contributed by atoms with E-state index < -0.39 is 6.10 Å². The second-order valence-electron chi connectivity index (χ2n) is 3.88. The maximum atomic E-state index is 12.0. The lowest BCUT2D eigenvalue weighted by Gasteiger charge is -2.32. The van der Waals surface area contributed by atoms with Gasteiger partial charge in [-0.2, -0.15) is 0 Å². The third-order valence-corrected chi connectivity index (χ3v) is 2.71. The SMILES string of the molecule is CNc1ccc2c(c1)N(COC)C(=O)C(C)O2. The number of hydrogen-bond acceptors (Lipinski definition) is 4. The topological polar surface area (TPSA) is 50.8 Å². The van der Waals surface area contributed by atoms with Crippen LogP contribution in [0.1, 0.15) is 6.92 Å². The molecule has 1 atom stereocenters. The number of nitrogens with zero attached hydrogens (tertiary/aromatic N) is 1. The van der Waals surface area contributed by atoms with E-state index in [0.29, 0.717) is 5.75 Å². The molecule has 1 N–H and O–H groups in total. The van der Waals surface area contributed by atoms with Crippen LogP contribution in [0, 0.1) is 0 Å². The molecule has 5 nitrogen and oxygen atoms in total. The van der Waals surface area contributed by atoms with Crippen molar-refractivity contribution in [3.05, 3.63) is 18.2 Å². The fourth-order valence-electron chi connectivity index (χ4n) is 1.82. The number of fused-ring (bicyclic) bond motifs is 1. The zero-order chi connectivity index (χ0) is 12.4. The van der Waals surface area contributed by atoms with E-state index in [4.69, 9.17) is 9.47 Å². The molecule has 1 aromatic carbocycles. The van der Waals surface area contributed by atoms with Crippen LogP contribution in [0.25, 0.3) is 0 Å². The van der Waals surface area contributed by atoms with Gasteiger partial charge in [0.05, 0.1) is 5.69 Å². The van der Waals surface area contributed by atoms with Gasteiger partial charge in [-0.25, -0.2) is 0 Å². The highest BCUT2D eigenvalue weighted by atomic mass is 16.5. The van der Waals surface area contributed by atoms with Crippen LogP contribution in [-0.4, -0.2) is 32.9 Å². The first kappa shape index (κ1) is 11.7. The highest BCUT2D eigenvalue weighted by Crippen LogP contribution is 2.35. The van der Waals surface area contributed by atoms with Crippen LogP contribution in [0.15, 0.2) is 18.2 Å². The Labute approximate surface area is 100 Å². The van der Waals surface area contributed by atoms with Crippen molar-refractivity contribution < 1.29 is 14.3 Å². The minimum absolute atomic E-state index is 0.0902. The Bertz CT molecular complexity index is 434. The van der Waals surface area contributed by atoms with Gasteiger partial charge in [0.15, 0.2) is 6.10 Å². The van der Waals surface area contributed by atoms with E-state index in [1.165, 1.54) is 0 Å². The van der Waals surface area contributed by atoms with Crippen molar-refractivity contribution in [1.29, 1.82) is 0 Å². The molecular weight excluding hydrogens is 220 g/mol. The van der Waals surface area contributed by atoms with Gasteiger partial charge in [-0.15, -0.1) is 0 Å². The van der Waals surface area contributed by atoms with Gasteiger partial charge in [0.2, 0.25) is 0 Å². The molecule has 1 aromatic rings. The van der Waals surface area contributed by atoms with Gasteiger partial charge < -0.3 is 14.8 Å². The molecule has 1 amide bonds. The molecule has 17 heavy (non-hydrogen) atoms. The number of benzene rings is 1. The molecule has 0 saturated carbocycles. The van der Waals surface area contributed by atoms with Crippen LogP contribution in [0.3, 0.4) is 0 Å². The smallest absolute Gasteiger partial charge is 0.269 e. The summed E-state index contributed by atoms with van der Waals surface area (Å²) in [6.07, 6.45) is -0.474. The molecule has 0 spiro atoms. The summed E-state index contributed by atoms with van der Waals surface area (Å²) in [4.78, 5) is 13.6. The molecule has 0 aromatic heterocycles. The van der Waals surface area contributed by atoms with E-state index in [9.17, 15) is 4.79 Å². The predicted octanol–water partition coefficient (Wildman–Crippen LogP) is 1.45. The Morgan fingerprint density at radius 2 is 2.29 bits per heavy atom. The van der Waals surface area contributed by atoms with Crippen LogP contribution in [-0.2, 0) is 9.53 Å². The standard InChI is InChI=1S/C12H16N2O3/c1-8-12(15)14(7-16-3)10-6-9(13-2)4-5-11(10)17-8/h4-6,8,13H,7H2,1-3H3. The summed E-state index contributed by atoms with van der Waals surface area (Å²) in [5.41, 5.74) is 1.66. The van der Waals surface area contributed by atoms with Crippen molar-refractivity contribution >= 4 is 17.3 Å². The summed E-state index contributed by atoms with van der Waals surface area (Å²) in [6, 6.07) is 5.64. The van der Waals surface area contributed by atoms with E-state index in [1.54, 1.807) is 18.9 Å². The summed E-state index contributed by atoms with van der Waals surface area (Å²) in [5, 5.41) is 3.03. The second-order valence-corrected chi connectivity index (χ2v) is 3.88. The molecule has 1 heterocycles. The number of methoxy groups -OCH3 is 1. The van der Waals surface area contributed by atoms with Crippen molar-refractivity contribution in [2.45, 2.75) is 13.0 Å². The Morgan fingerprint density at radius 3 is 2.94 bits per heavy atom. The van der Waals surface area contributed by atoms with Gasteiger partial charge >= 0.3 is 0 Å². The number of carbonyl (C=O) groups is 1. The molecular formula is C12H16N2O3. The summed E-state index contributed by atoms with van der Waals surface area (Å²) in [7, 11) is 3.39. The van der Waals surface area contributed by atoms with Crippen molar-refractivity contribution in [2.75, 3.05) is 31.1 Å². The van der Waals surface area contributed by atoms with E-state index in [1.807, 2.05) is 25.2 Å². The van der Waals surface area contributed by atoms with Crippen LogP contribution in [0.2, 0.25) is 0 Å². The van der Waals surface area contributed by atoms with E-state index in [-0.39, 0.29) is 12.6 Å². The number of nitrogens with one attached hydrogen (secondary N) is 1. The molecule has 1 unspecified atom stereocenters. The number of anilines is 2. The number of amides is 1. The van der Waals surface area contributed by atoms with E-state index in [0.717, 1.165) is 11.4 Å². The van der Waals surface area contributed by atoms with Crippen molar-refractivity contribution in [1.82, 2.24) is 0 Å². The molecule has 1 aliphatic heterocycles. The monoisotopic (exact) mass is 236 g/mol. The molecule has 1 aliphatic rings. The summed E-state index contributed by atoms with van der Waals surface area (Å²) < 4.78 is 10.6. The first-order chi connectivity index (χ1) is 8.17. The highest BCUT2D eigenvalue weighted by molar-refractivity contribution is 6.00. The van der Waals surface area contributed by atoms with Crippen LogP contribution in [0.5, 0.6) is 5.75 Å². The molecule has 0 saturated heterocycles. The lowest BCUT2D eigenvalue weighted by molar-refractivity contribution is -0.126. The first-order valence-corrected chi connectivity index (χ1v) is 5.46. The quantitative estimate of drug-likeness (QED) is 0.863. The van der Waals surface area contributed by atoms with Gasteiger partial charge in [-0.1, -0.05) is 0 Å². The van der Waals surface area contributed by atoms with E-state index >= 15 is 0 Å². The number of rotatable bonds is 3. The van der Waals surface area contributed by atoms with Crippen LogP contribution in [0.4, 0.5) is 11.4 Å². The van der Waals surface area contributed by atoms with Gasteiger partial charge in [0, 0.05) is 19.8 Å². The summed E-state index contributed by atoms with van der Waals surface area (Å²) in [5.74, 6) is 0.612. The Balaban J connectivity index is 2.43. The average Bonchev–Trinajstić information content (AvgIpc) is 2.34. The van der Waals surface area contributed by atoms with Gasteiger partial charge in [-0.05, 0) is 25.1 Å². The van der Waals surface area contributed by atoms with E-state index in [2.05, 4.69) is 5.32 Å². The third-order valence-electron chi connectivity index (χ3n) is 2.71. The maximum Gasteiger partial charge on any atom is 0.269 e. The Kier molecular flexibility index (Phi) is 3.19. The predicted molar refractivity (Wildman–Crippen MR) is 65.4 cm³/mol. The fraction of sp³-hybridized carbons (Fsp3) is 0.417. The van der Waals surface area contributed by atoms with Crippen molar-refractivity contribution in [2.24, 2.45) is 0 Å². The average molecular weight is 236 g/mol. The Hall–Kier alpha value is -1.75. The lowest BCUT2D eigenvalue weighted by atomic mass is 10.2. The number of hydrogen-bond donors (Lipinski definition) is 1. The van der Waals surface area contributed by atoms with Crippen molar-refractivity contribution in [3.8, 4) is 5.75 Å². The van der Waals surface area contributed by atoms with Crippen LogP contribution < -0.4 is 15.0 Å². The third kappa shape index (κ3) is 2.06. The zero-order valence-electron chi connectivity index (χ0n) is 10.2. The molecule has 92 valence electrons. The Morgan fingerprint density at radius 1 is 1.53 bits per heavy atom. The number of ether oxygens (including phenoxy) is 2. The number of carbonyl (C=O) groups excluding carboxylic acids is 1. The fourth-order valence-corrected chi connectivity index (χ4v) is 1.82. The first-order valence-electron chi connectivity index (χ1n) is 5.46. The highest BCUT2D eigenvalue weighted by Gasteiger charge is 2.31. The zero-order valence-corrected chi connectivity index (χ0v) is 10.2. The minimum atomic E-state index is -0.474. The molecule has 5 heteroatoms. The molecule has 2 rings (SSSR count). The molecule has 0 bridgehead atoms. The molecule has 0 fully saturated rings. The minimum Gasteiger partial charge on any atom is -0.479 e. The second kappa shape index (κ2) is 4.63. The maximum absolute atomic E-state index is 12.0. The van der Waals surface area contributed by atoms with Gasteiger partial charge in [0.1, 0.15) is 12.5 Å². The van der Waals surface area contributed by atoms with Gasteiger partial charge in [-0.3, -0.25) is 9.69 Å². The van der Waals surface area contributed by atoms with Crippen LogP contribution >= 0.6 is 0 Å². The molecule has 0 aliphatic carbocycles. The summed E-state index contributed by atoms with van der Waals surface area (Å²) >= 11 is 0. The molecule has 0 radical (unpaired) electrons.